The van der Waals surface area contributed by atoms with Crippen LogP contribution >= 0.6 is 0 Å². The zero-order chi connectivity index (χ0) is 38.5. The molecule has 55 heavy (non-hydrogen) atoms. The van der Waals surface area contributed by atoms with Gasteiger partial charge < -0.3 is 29.2 Å². The van der Waals surface area contributed by atoms with E-state index in [0.717, 1.165) is 67.1 Å². The van der Waals surface area contributed by atoms with Crippen LogP contribution in [-0.4, -0.2) is 86.0 Å². The number of carbonyl (C=O) groups excluding carboxylic acids is 1. The molecule has 3 aromatic rings. The number of benzene rings is 4. The molecule has 3 heterocycles. The summed E-state index contributed by atoms with van der Waals surface area (Å²) in [6, 6.07) is 20.2. The van der Waals surface area contributed by atoms with E-state index in [1.54, 1.807) is 6.07 Å². The van der Waals surface area contributed by atoms with Gasteiger partial charge in [-0.15, -0.1) is 0 Å². The van der Waals surface area contributed by atoms with Gasteiger partial charge in [0.05, 0.1) is 53.8 Å². The van der Waals surface area contributed by atoms with E-state index in [4.69, 9.17) is 13.9 Å². The molecule has 0 aromatic heterocycles. The van der Waals surface area contributed by atoms with Gasteiger partial charge in [-0.2, -0.15) is 0 Å². The first kappa shape index (κ1) is 37.1. The summed E-state index contributed by atoms with van der Waals surface area (Å²) in [5.41, 5.74) is 3.65. The van der Waals surface area contributed by atoms with Gasteiger partial charge in [-0.3, -0.25) is 25.0 Å². The number of aromatic carboxylic acids is 1. The molecule has 0 atom stereocenters. The minimum Gasteiger partial charge on any atom is -0.478 e. The predicted molar refractivity (Wildman–Crippen MR) is 204 cm³/mol. The lowest BCUT2D eigenvalue weighted by Gasteiger charge is -2.33. The van der Waals surface area contributed by atoms with Gasteiger partial charge in [-0.1, -0.05) is 0 Å². The molecule has 0 unspecified atom stereocenters. The van der Waals surface area contributed by atoms with Crippen LogP contribution in [0.25, 0.3) is 33.4 Å². The number of hydrogen-bond donors (Lipinski definition) is 2. The van der Waals surface area contributed by atoms with Crippen molar-refractivity contribution in [2.45, 2.75) is 25.7 Å². The number of nitro benzene ring substituents is 2. The maximum Gasteiger partial charge on any atom is 0.336 e. The van der Waals surface area contributed by atoms with Crippen LogP contribution in [0.3, 0.4) is 0 Å². The quantitative estimate of drug-likeness (QED) is 0.0426. The Morgan fingerprint density at radius 1 is 0.855 bits per heavy atom. The van der Waals surface area contributed by atoms with Gasteiger partial charge in [0.1, 0.15) is 24.4 Å². The van der Waals surface area contributed by atoms with Crippen LogP contribution in [0.15, 0.2) is 77.2 Å². The van der Waals surface area contributed by atoms with Crippen molar-refractivity contribution >= 4 is 39.9 Å². The van der Waals surface area contributed by atoms with E-state index in [9.17, 15) is 34.9 Å². The van der Waals surface area contributed by atoms with E-state index < -0.39 is 15.8 Å². The van der Waals surface area contributed by atoms with Gasteiger partial charge >= 0.3 is 5.97 Å². The van der Waals surface area contributed by atoms with Crippen molar-refractivity contribution in [3.05, 3.63) is 115 Å². The van der Waals surface area contributed by atoms with Crippen LogP contribution in [0.2, 0.25) is 0 Å². The number of fused-ring (bicyclic) bond motifs is 2. The van der Waals surface area contributed by atoms with Gasteiger partial charge in [-0.05, 0) is 67.3 Å². The molecule has 0 spiro atoms. The van der Waals surface area contributed by atoms with Crippen LogP contribution in [0.4, 0.5) is 17.1 Å². The van der Waals surface area contributed by atoms with Crippen molar-refractivity contribution in [1.82, 2.24) is 9.89 Å². The number of carbonyl (C=O) groups is 2. The van der Waals surface area contributed by atoms with E-state index in [1.165, 1.54) is 24.3 Å². The maximum absolute atomic E-state index is 13.4. The van der Waals surface area contributed by atoms with Crippen LogP contribution in [0, 0.1) is 20.2 Å². The number of rotatable bonds is 16. The first-order chi connectivity index (χ1) is 26.7. The van der Waals surface area contributed by atoms with Gasteiger partial charge in [0.15, 0.2) is 0 Å². The van der Waals surface area contributed by atoms with Crippen molar-refractivity contribution in [1.29, 1.82) is 0 Å². The minimum absolute atomic E-state index is 0.0679. The second-order valence-corrected chi connectivity index (χ2v) is 13.5. The zero-order valence-corrected chi connectivity index (χ0v) is 30.0. The third kappa shape index (κ3) is 8.17. The monoisotopic (exact) mass is 750 g/mol. The molecule has 2 fully saturated rings. The average molecular weight is 751 g/mol. The lowest BCUT2D eigenvalue weighted by molar-refractivity contribution is -0.394. The van der Waals surface area contributed by atoms with Crippen LogP contribution < -0.4 is 20.1 Å². The van der Waals surface area contributed by atoms with E-state index in [2.05, 4.69) is 14.8 Å². The topological polar surface area (TPSA) is 191 Å². The first-order valence-electron chi connectivity index (χ1n) is 18.2. The Hall–Kier alpha value is -6.19. The van der Waals surface area contributed by atoms with E-state index in [-0.39, 0.29) is 49.2 Å². The molecule has 1 amide bonds. The molecule has 2 saturated heterocycles. The third-order valence-corrected chi connectivity index (χ3v) is 10.0. The molecule has 15 nitrogen and oxygen atoms in total. The molecular weight excluding hydrogens is 710 g/mol. The Morgan fingerprint density at radius 3 is 2.35 bits per heavy atom. The normalized spacial score (nSPS) is 13.7. The Balaban J connectivity index is 0.991. The van der Waals surface area contributed by atoms with Gasteiger partial charge in [0.25, 0.3) is 17.3 Å². The second kappa shape index (κ2) is 16.4. The highest BCUT2D eigenvalue weighted by atomic mass is 16.6. The van der Waals surface area contributed by atoms with Gasteiger partial charge in [0, 0.05) is 77.8 Å². The molecule has 2 N–H and O–H groups in total. The highest BCUT2D eigenvalue weighted by molar-refractivity contribution is 6.09. The molecule has 3 aromatic carbocycles. The molecule has 0 saturated carbocycles. The molecule has 284 valence electrons. The summed E-state index contributed by atoms with van der Waals surface area (Å²) < 4.78 is 19.9. The SMILES string of the molecule is O=C(NCCOCCOCCCc1ccc([N+](=O)[O-])cc1[N+](=O)[O-])c1ccc(C(=O)O)c(-c2c3ccc(=[N+]4CCC4)cc-3oc3cc(N4CCC4)ccc23)c1. The summed E-state index contributed by atoms with van der Waals surface area (Å²) in [6.07, 6.45) is 3.05. The number of carboxylic acids is 1. The predicted octanol–water partition coefficient (Wildman–Crippen LogP) is 5.50. The highest BCUT2D eigenvalue weighted by Gasteiger charge is 2.26. The van der Waals surface area contributed by atoms with E-state index in [0.29, 0.717) is 53.0 Å². The number of amides is 1. The number of carboxylic acid groups (broad SMARTS) is 1. The van der Waals surface area contributed by atoms with E-state index in [1.807, 2.05) is 36.4 Å². The number of nitro groups is 2. The number of hydrogen-bond acceptors (Lipinski definition) is 10. The summed E-state index contributed by atoms with van der Waals surface area (Å²) >= 11 is 0. The molecule has 0 bridgehead atoms. The van der Waals surface area contributed by atoms with Crippen LogP contribution in [0.1, 0.15) is 45.5 Å². The molecule has 3 aliphatic heterocycles. The summed E-state index contributed by atoms with van der Waals surface area (Å²) in [6.45, 7) is 5.10. The van der Waals surface area contributed by atoms with Crippen molar-refractivity contribution in [2.24, 2.45) is 0 Å². The number of nitrogens with one attached hydrogen (secondary N) is 1. The number of aryl methyl sites for hydroxylation is 1. The lowest BCUT2D eigenvalue weighted by Crippen LogP contribution is -2.40. The van der Waals surface area contributed by atoms with Gasteiger partial charge in [-0.25, -0.2) is 9.37 Å². The van der Waals surface area contributed by atoms with Crippen molar-refractivity contribution < 1.29 is 38.4 Å². The molecule has 1 aliphatic carbocycles. The van der Waals surface area contributed by atoms with Crippen molar-refractivity contribution in [3.63, 3.8) is 0 Å². The smallest absolute Gasteiger partial charge is 0.336 e. The minimum atomic E-state index is -1.11. The number of ether oxygens (including phenoxy) is 2. The van der Waals surface area contributed by atoms with E-state index >= 15 is 0 Å². The summed E-state index contributed by atoms with van der Waals surface area (Å²) in [5.74, 6) is -0.858. The standard InChI is InChI=1S/C40H39N5O10/c46-39(41-13-19-54-21-20-53-18-1-4-26-5-7-30(44(49)50)23-35(26)45(51)52)27-6-10-31(40(47)48)34(22-27)38-32-11-8-28(42-14-2-15-42)24-36(32)55-37-25-29(9-12-33(37)38)43-16-3-17-43/h5-12,22-25H,1-4,13-21H2,(H-,41,46,47,48)/p+1. The molecule has 15 heteroatoms. The first-order valence-corrected chi connectivity index (χ1v) is 18.2. The Kier molecular flexibility index (Phi) is 11.1. The largest absolute Gasteiger partial charge is 0.478 e. The van der Waals surface area contributed by atoms with Crippen LogP contribution in [0.5, 0.6) is 0 Å². The molecular formula is C40H40N5O10+. The highest BCUT2D eigenvalue weighted by Crippen LogP contribution is 2.42. The Labute approximate surface area is 315 Å². The van der Waals surface area contributed by atoms with Gasteiger partial charge in [0.2, 0.25) is 5.36 Å². The molecule has 7 rings (SSSR count). The number of anilines is 1. The number of nitrogens with zero attached hydrogens (tertiary/aromatic N) is 4. The Bertz CT molecular complexity index is 2330. The second-order valence-electron chi connectivity index (χ2n) is 13.5. The summed E-state index contributed by atoms with van der Waals surface area (Å²) in [5, 5.41) is 37.2. The summed E-state index contributed by atoms with van der Waals surface area (Å²) in [7, 11) is 0. The van der Waals surface area contributed by atoms with Crippen molar-refractivity contribution in [2.75, 3.05) is 64.1 Å². The average Bonchev–Trinajstić information content (AvgIpc) is 3.12. The fraction of sp³-hybridized carbons (Fsp3) is 0.325. The third-order valence-electron chi connectivity index (χ3n) is 10.0. The number of non-ortho nitro benzene ring substituents is 1. The maximum atomic E-state index is 13.4. The van der Waals surface area contributed by atoms with Crippen molar-refractivity contribution in [3.8, 4) is 22.5 Å². The zero-order valence-electron chi connectivity index (χ0n) is 30.0. The lowest BCUT2D eigenvalue weighted by atomic mass is 9.89. The fourth-order valence-corrected chi connectivity index (χ4v) is 6.85. The molecule has 0 radical (unpaired) electrons. The fourth-order valence-electron chi connectivity index (χ4n) is 6.85. The van der Waals surface area contributed by atoms with Crippen LogP contribution in [-0.2, 0) is 15.9 Å². The Morgan fingerprint density at radius 2 is 1.65 bits per heavy atom. The summed E-state index contributed by atoms with van der Waals surface area (Å²) in [4.78, 5) is 49.2. The molecule has 4 aliphatic rings.